The minimum Gasteiger partial charge on any atom is -0.497 e. The second-order valence-electron chi connectivity index (χ2n) is 8.68. The van der Waals surface area contributed by atoms with Crippen LogP contribution in [0.25, 0.3) is 0 Å². The molecule has 3 aromatic rings. The van der Waals surface area contributed by atoms with Crippen molar-refractivity contribution in [2.75, 3.05) is 13.7 Å². The lowest BCUT2D eigenvalue weighted by Gasteiger charge is -2.29. The predicted octanol–water partition coefficient (Wildman–Crippen LogP) is 5.64. The SMILES string of the molecule is CCOC(=O)c1nnn(Cc2ccc(OC)cc2)c1OC1CCC(c2ccc(C(F)(F)F)cc2)CC1. The van der Waals surface area contributed by atoms with Crippen molar-refractivity contribution in [3.8, 4) is 11.6 Å². The Hall–Kier alpha value is -3.56. The Balaban J connectivity index is 1.45. The summed E-state index contributed by atoms with van der Waals surface area (Å²) in [6, 6.07) is 12.8. The number of hydrogen-bond donors (Lipinski definition) is 0. The fourth-order valence-electron chi connectivity index (χ4n) is 4.37. The van der Waals surface area contributed by atoms with Gasteiger partial charge in [0.25, 0.3) is 0 Å². The highest BCUT2D eigenvalue weighted by molar-refractivity contribution is 5.89. The minimum absolute atomic E-state index is 0.0234. The zero-order valence-corrected chi connectivity index (χ0v) is 20.1. The molecule has 192 valence electrons. The molecule has 7 nitrogen and oxygen atoms in total. The van der Waals surface area contributed by atoms with Gasteiger partial charge in [-0.05, 0) is 73.9 Å². The lowest BCUT2D eigenvalue weighted by Crippen LogP contribution is -2.25. The number of aromatic nitrogens is 3. The summed E-state index contributed by atoms with van der Waals surface area (Å²) in [6.07, 6.45) is -1.65. The maximum atomic E-state index is 12.9. The lowest BCUT2D eigenvalue weighted by molar-refractivity contribution is -0.137. The molecule has 0 bridgehead atoms. The molecule has 1 aromatic heterocycles. The van der Waals surface area contributed by atoms with Gasteiger partial charge in [0.15, 0.2) is 0 Å². The average Bonchev–Trinajstić information content (AvgIpc) is 3.26. The second kappa shape index (κ2) is 11.0. The number of nitrogens with zero attached hydrogens (tertiary/aromatic N) is 3. The number of esters is 1. The van der Waals surface area contributed by atoms with Crippen LogP contribution in [0.15, 0.2) is 48.5 Å². The highest BCUT2D eigenvalue weighted by Crippen LogP contribution is 2.37. The summed E-state index contributed by atoms with van der Waals surface area (Å²) in [5.74, 6) is 0.527. The van der Waals surface area contributed by atoms with Crippen LogP contribution in [-0.4, -0.2) is 40.8 Å². The molecular formula is C26H28F3N3O4. The van der Waals surface area contributed by atoms with Gasteiger partial charge in [-0.25, -0.2) is 9.48 Å². The highest BCUT2D eigenvalue weighted by Gasteiger charge is 2.32. The Kier molecular flexibility index (Phi) is 7.81. The first-order chi connectivity index (χ1) is 17.3. The Morgan fingerprint density at radius 2 is 1.69 bits per heavy atom. The van der Waals surface area contributed by atoms with E-state index in [1.165, 1.54) is 4.68 Å². The van der Waals surface area contributed by atoms with Crippen LogP contribution in [0.2, 0.25) is 0 Å². The molecule has 0 amide bonds. The first-order valence-electron chi connectivity index (χ1n) is 11.9. The summed E-state index contributed by atoms with van der Waals surface area (Å²) in [7, 11) is 1.59. The summed E-state index contributed by atoms with van der Waals surface area (Å²) in [4.78, 5) is 12.5. The van der Waals surface area contributed by atoms with Gasteiger partial charge in [0.05, 0.1) is 25.8 Å². The lowest BCUT2D eigenvalue weighted by atomic mass is 9.82. The van der Waals surface area contributed by atoms with Crippen molar-refractivity contribution in [2.45, 2.75) is 57.3 Å². The van der Waals surface area contributed by atoms with Crippen molar-refractivity contribution in [3.63, 3.8) is 0 Å². The molecule has 1 saturated carbocycles. The minimum atomic E-state index is -4.34. The second-order valence-corrected chi connectivity index (χ2v) is 8.68. The number of benzene rings is 2. The number of rotatable bonds is 8. The summed E-state index contributed by atoms with van der Waals surface area (Å²) < 4.78 is 56.7. The molecule has 1 fully saturated rings. The molecule has 0 aliphatic heterocycles. The number of methoxy groups -OCH3 is 1. The molecule has 0 unspecified atom stereocenters. The van der Waals surface area contributed by atoms with E-state index in [9.17, 15) is 18.0 Å². The molecule has 0 saturated heterocycles. The molecule has 2 aromatic carbocycles. The maximum absolute atomic E-state index is 12.9. The van der Waals surface area contributed by atoms with Gasteiger partial charge in [-0.15, -0.1) is 5.10 Å². The summed E-state index contributed by atoms with van der Waals surface area (Å²) in [5.41, 5.74) is 1.19. The van der Waals surface area contributed by atoms with E-state index in [0.717, 1.165) is 41.9 Å². The third kappa shape index (κ3) is 5.98. The molecule has 0 spiro atoms. The van der Waals surface area contributed by atoms with Gasteiger partial charge < -0.3 is 14.2 Å². The van der Waals surface area contributed by atoms with Crippen LogP contribution < -0.4 is 9.47 Å². The van der Waals surface area contributed by atoms with Crippen molar-refractivity contribution < 1.29 is 32.2 Å². The molecule has 0 N–H and O–H groups in total. The van der Waals surface area contributed by atoms with Crippen molar-refractivity contribution in [3.05, 3.63) is 70.9 Å². The van der Waals surface area contributed by atoms with Gasteiger partial charge >= 0.3 is 12.1 Å². The maximum Gasteiger partial charge on any atom is 0.416 e. The highest BCUT2D eigenvalue weighted by atomic mass is 19.4. The van der Waals surface area contributed by atoms with Crippen molar-refractivity contribution in [1.29, 1.82) is 0 Å². The van der Waals surface area contributed by atoms with E-state index >= 15 is 0 Å². The van der Waals surface area contributed by atoms with E-state index in [1.807, 2.05) is 24.3 Å². The number of carbonyl (C=O) groups is 1. The molecule has 4 rings (SSSR count). The number of alkyl halides is 3. The van der Waals surface area contributed by atoms with Gasteiger partial charge in [-0.1, -0.05) is 29.5 Å². The van der Waals surface area contributed by atoms with Gasteiger partial charge in [-0.2, -0.15) is 13.2 Å². The average molecular weight is 504 g/mol. The first kappa shape index (κ1) is 25.5. The van der Waals surface area contributed by atoms with E-state index in [4.69, 9.17) is 14.2 Å². The number of hydrogen-bond acceptors (Lipinski definition) is 6. The monoisotopic (exact) mass is 503 g/mol. The molecule has 36 heavy (non-hydrogen) atoms. The van der Waals surface area contributed by atoms with Crippen molar-refractivity contribution >= 4 is 5.97 Å². The Morgan fingerprint density at radius 1 is 1.03 bits per heavy atom. The Morgan fingerprint density at radius 3 is 2.28 bits per heavy atom. The number of halogens is 3. The normalized spacial score (nSPS) is 18.0. The van der Waals surface area contributed by atoms with E-state index in [0.29, 0.717) is 19.4 Å². The van der Waals surface area contributed by atoms with Crippen LogP contribution in [-0.2, 0) is 17.5 Å². The molecule has 1 aliphatic rings. The van der Waals surface area contributed by atoms with Crippen molar-refractivity contribution in [1.82, 2.24) is 15.0 Å². The van der Waals surface area contributed by atoms with E-state index in [-0.39, 0.29) is 30.2 Å². The number of ether oxygens (including phenoxy) is 3. The third-order valence-electron chi connectivity index (χ3n) is 6.31. The molecule has 1 heterocycles. The molecule has 1 aliphatic carbocycles. The van der Waals surface area contributed by atoms with Gasteiger partial charge in [0.2, 0.25) is 11.6 Å². The first-order valence-corrected chi connectivity index (χ1v) is 11.9. The zero-order valence-electron chi connectivity index (χ0n) is 20.1. The number of carbonyl (C=O) groups excluding carboxylic acids is 1. The molecule has 0 radical (unpaired) electrons. The molecule has 0 atom stereocenters. The summed E-state index contributed by atoms with van der Waals surface area (Å²) >= 11 is 0. The van der Waals surface area contributed by atoms with Crippen LogP contribution in [0.5, 0.6) is 11.6 Å². The molecular weight excluding hydrogens is 475 g/mol. The van der Waals surface area contributed by atoms with E-state index < -0.39 is 17.7 Å². The van der Waals surface area contributed by atoms with Crippen LogP contribution in [0.1, 0.15) is 65.7 Å². The Bertz CT molecular complexity index is 1150. The topological polar surface area (TPSA) is 75.5 Å². The van der Waals surface area contributed by atoms with Crippen LogP contribution in [0.4, 0.5) is 13.2 Å². The van der Waals surface area contributed by atoms with Crippen LogP contribution >= 0.6 is 0 Å². The Labute approximate surface area is 207 Å². The van der Waals surface area contributed by atoms with Gasteiger partial charge in [0, 0.05) is 0 Å². The largest absolute Gasteiger partial charge is 0.497 e. The fourth-order valence-corrected chi connectivity index (χ4v) is 4.37. The van der Waals surface area contributed by atoms with E-state index in [2.05, 4.69) is 10.3 Å². The van der Waals surface area contributed by atoms with Crippen molar-refractivity contribution in [2.24, 2.45) is 0 Å². The third-order valence-corrected chi connectivity index (χ3v) is 6.31. The smallest absolute Gasteiger partial charge is 0.416 e. The summed E-state index contributed by atoms with van der Waals surface area (Å²) in [5, 5.41) is 8.15. The zero-order chi connectivity index (χ0) is 25.7. The quantitative estimate of drug-likeness (QED) is 0.371. The predicted molar refractivity (Wildman–Crippen MR) is 125 cm³/mol. The standard InChI is InChI=1S/C26H28F3N3O4/c1-3-35-25(33)23-24(32(31-30-23)16-17-4-12-21(34-2)13-5-17)36-22-14-8-19(9-15-22)18-6-10-20(11-7-18)26(27,28)29/h4-7,10-13,19,22H,3,8-9,14-16H2,1-2H3. The van der Waals surface area contributed by atoms with Crippen LogP contribution in [0.3, 0.4) is 0 Å². The van der Waals surface area contributed by atoms with Crippen LogP contribution in [0, 0.1) is 0 Å². The molecule has 10 heteroatoms. The summed E-state index contributed by atoms with van der Waals surface area (Å²) in [6.45, 7) is 2.25. The van der Waals surface area contributed by atoms with Gasteiger partial charge in [0.1, 0.15) is 11.9 Å². The van der Waals surface area contributed by atoms with E-state index in [1.54, 1.807) is 26.2 Å². The fraction of sp³-hybridized carbons (Fsp3) is 0.423. The van der Waals surface area contributed by atoms with Gasteiger partial charge in [-0.3, -0.25) is 0 Å².